The maximum Gasteiger partial charge on any atom is 0.242 e. The molecule has 1 atom stereocenters. The van der Waals surface area contributed by atoms with Gasteiger partial charge in [-0.05, 0) is 30.3 Å². The second-order valence-electron chi connectivity index (χ2n) is 6.27. The fourth-order valence-corrected chi connectivity index (χ4v) is 4.32. The molecule has 6 nitrogen and oxygen atoms in total. The number of hydrogen-bond donors (Lipinski definition) is 1. The van der Waals surface area contributed by atoms with Gasteiger partial charge >= 0.3 is 0 Å². The fraction of sp³-hybridized carbons (Fsp3) is 0.211. The Balaban J connectivity index is 1.77. The lowest BCUT2D eigenvalue weighted by molar-refractivity contribution is 0.112. The van der Waals surface area contributed by atoms with E-state index in [0.717, 1.165) is 21.5 Å². The van der Waals surface area contributed by atoms with Gasteiger partial charge in [0.05, 0.1) is 11.0 Å². The third kappa shape index (κ3) is 4.06. The number of carbonyl (C=O) groups is 1. The monoisotopic (exact) mass is 406 g/mol. The number of halogens is 1. The first-order valence-corrected chi connectivity index (χ1v) is 10.1. The zero-order chi connectivity index (χ0) is 19.6. The summed E-state index contributed by atoms with van der Waals surface area (Å²) < 4.78 is 28.1. The highest BCUT2D eigenvalue weighted by atomic mass is 35.5. The van der Waals surface area contributed by atoms with Gasteiger partial charge in [-0.2, -0.15) is 4.31 Å². The number of fused-ring (bicyclic) bond motifs is 1. The molecule has 8 heteroatoms. The number of aldehydes is 1. The molecule has 0 bridgehead atoms. The normalized spacial score (nSPS) is 13.2. The van der Waals surface area contributed by atoms with E-state index in [4.69, 9.17) is 11.6 Å². The van der Waals surface area contributed by atoms with Crippen molar-refractivity contribution in [2.24, 2.45) is 0 Å². The summed E-state index contributed by atoms with van der Waals surface area (Å²) in [4.78, 5) is 11.3. The van der Waals surface area contributed by atoms with Crippen LogP contribution in [-0.2, 0) is 16.6 Å². The Hall–Kier alpha value is -2.19. The van der Waals surface area contributed by atoms with Crippen LogP contribution < -0.4 is 0 Å². The first-order valence-electron chi connectivity index (χ1n) is 8.26. The van der Waals surface area contributed by atoms with E-state index in [1.807, 2.05) is 24.3 Å². The third-order valence-corrected chi connectivity index (χ3v) is 6.43. The van der Waals surface area contributed by atoms with Gasteiger partial charge in [-0.15, -0.1) is 0 Å². The Labute approximate surface area is 162 Å². The Bertz CT molecular complexity index is 1060. The van der Waals surface area contributed by atoms with Crippen LogP contribution >= 0.6 is 11.6 Å². The van der Waals surface area contributed by atoms with E-state index in [1.165, 1.54) is 31.3 Å². The number of hydrogen-bond acceptors (Lipinski definition) is 4. The number of aliphatic hydroxyl groups excluding tert-OH is 1. The molecule has 3 aromatic rings. The van der Waals surface area contributed by atoms with Crippen molar-refractivity contribution in [2.75, 3.05) is 13.6 Å². The van der Waals surface area contributed by atoms with Gasteiger partial charge in [0.15, 0.2) is 6.29 Å². The van der Waals surface area contributed by atoms with Gasteiger partial charge in [-0.1, -0.05) is 29.8 Å². The summed E-state index contributed by atoms with van der Waals surface area (Å²) >= 11 is 5.80. The molecule has 0 aliphatic heterocycles. The molecule has 3 rings (SSSR count). The highest BCUT2D eigenvalue weighted by Crippen LogP contribution is 2.21. The van der Waals surface area contributed by atoms with Crippen LogP contribution in [0.2, 0.25) is 5.02 Å². The van der Waals surface area contributed by atoms with Crippen LogP contribution in [0.25, 0.3) is 10.9 Å². The summed E-state index contributed by atoms with van der Waals surface area (Å²) in [5, 5.41) is 11.7. The van der Waals surface area contributed by atoms with Crippen molar-refractivity contribution < 1.29 is 18.3 Å². The molecule has 0 spiro atoms. The number of benzene rings is 2. The second-order valence-corrected chi connectivity index (χ2v) is 8.75. The summed E-state index contributed by atoms with van der Waals surface area (Å²) in [5.74, 6) is 0. The van der Waals surface area contributed by atoms with Gasteiger partial charge in [0.2, 0.25) is 10.0 Å². The molecule has 0 fully saturated rings. The van der Waals surface area contributed by atoms with Gasteiger partial charge in [0, 0.05) is 47.8 Å². The Morgan fingerprint density at radius 1 is 1.19 bits per heavy atom. The maximum absolute atomic E-state index is 12.6. The second kappa shape index (κ2) is 7.82. The SMILES string of the molecule is CN(C[C@H](O)Cn1cc(C=O)c2ccccc21)S(=O)(=O)c1ccc(Cl)cc1. The minimum absolute atomic E-state index is 0.0894. The van der Waals surface area contributed by atoms with Gasteiger partial charge in [0.25, 0.3) is 0 Å². The molecular formula is C19H19ClN2O4S. The molecule has 2 aromatic carbocycles. The van der Waals surface area contributed by atoms with Crippen molar-refractivity contribution in [1.82, 2.24) is 8.87 Å². The average molecular weight is 407 g/mol. The van der Waals surface area contributed by atoms with E-state index in [2.05, 4.69) is 0 Å². The highest BCUT2D eigenvalue weighted by molar-refractivity contribution is 7.89. The van der Waals surface area contributed by atoms with Crippen molar-refractivity contribution in [3.05, 3.63) is 65.3 Å². The van der Waals surface area contributed by atoms with Crippen molar-refractivity contribution in [3.63, 3.8) is 0 Å². The van der Waals surface area contributed by atoms with E-state index < -0.39 is 16.1 Å². The van der Waals surface area contributed by atoms with Crippen LogP contribution in [0.1, 0.15) is 10.4 Å². The highest BCUT2D eigenvalue weighted by Gasteiger charge is 2.23. The van der Waals surface area contributed by atoms with Crippen molar-refractivity contribution in [3.8, 4) is 0 Å². The van der Waals surface area contributed by atoms with Crippen molar-refractivity contribution in [2.45, 2.75) is 17.5 Å². The van der Waals surface area contributed by atoms with Crippen LogP contribution in [0.15, 0.2) is 59.6 Å². The molecule has 142 valence electrons. The average Bonchev–Trinajstić information content (AvgIpc) is 2.99. The van der Waals surface area contributed by atoms with E-state index in [9.17, 15) is 18.3 Å². The Morgan fingerprint density at radius 3 is 2.52 bits per heavy atom. The van der Waals surface area contributed by atoms with E-state index in [0.29, 0.717) is 10.6 Å². The lowest BCUT2D eigenvalue weighted by Gasteiger charge is -2.21. The molecule has 0 saturated carbocycles. The smallest absolute Gasteiger partial charge is 0.242 e. The molecule has 0 saturated heterocycles. The first kappa shape index (κ1) is 19.6. The van der Waals surface area contributed by atoms with Crippen molar-refractivity contribution >= 4 is 38.8 Å². The molecule has 0 aliphatic carbocycles. The van der Waals surface area contributed by atoms with E-state index in [-0.39, 0.29) is 18.0 Å². The van der Waals surface area contributed by atoms with Crippen LogP contribution in [0.4, 0.5) is 0 Å². The lowest BCUT2D eigenvalue weighted by Crippen LogP contribution is -2.36. The molecule has 1 N–H and O–H groups in total. The zero-order valence-corrected chi connectivity index (χ0v) is 16.2. The molecular weight excluding hydrogens is 388 g/mol. The van der Waals surface area contributed by atoms with Crippen LogP contribution in [0.3, 0.4) is 0 Å². The molecule has 27 heavy (non-hydrogen) atoms. The first-order chi connectivity index (χ1) is 12.8. The zero-order valence-electron chi connectivity index (χ0n) is 14.6. The summed E-state index contributed by atoms with van der Waals surface area (Å²) in [5.41, 5.74) is 1.34. The maximum atomic E-state index is 12.6. The number of nitrogens with zero attached hydrogens (tertiary/aromatic N) is 2. The Kier molecular flexibility index (Phi) is 5.67. The fourth-order valence-electron chi connectivity index (χ4n) is 2.99. The number of sulfonamides is 1. The van der Waals surface area contributed by atoms with E-state index >= 15 is 0 Å². The van der Waals surface area contributed by atoms with Gasteiger partial charge < -0.3 is 9.67 Å². The largest absolute Gasteiger partial charge is 0.390 e. The van der Waals surface area contributed by atoms with Gasteiger partial charge in [-0.3, -0.25) is 4.79 Å². The minimum atomic E-state index is -3.74. The van der Waals surface area contributed by atoms with Crippen molar-refractivity contribution in [1.29, 1.82) is 0 Å². The van der Waals surface area contributed by atoms with Gasteiger partial charge in [0.1, 0.15) is 0 Å². The Morgan fingerprint density at radius 2 is 1.85 bits per heavy atom. The van der Waals surface area contributed by atoms with E-state index in [1.54, 1.807) is 10.8 Å². The number of carbonyl (C=O) groups excluding carboxylic acids is 1. The summed E-state index contributed by atoms with van der Waals surface area (Å²) in [6.45, 7) is 0.0721. The molecule has 0 aliphatic rings. The number of aromatic nitrogens is 1. The molecule has 0 amide bonds. The predicted octanol–water partition coefficient (Wildman–Crippen LogP) is 2.79. The van der Waals surface area contributed by atoms with Crippen LogP contribution in [-0.4, -0.2) is 48.4 Å². The molecule has 1 heterocycles. The molecule has 0 radical (unpaired) electrons. The third-order valence-electron chi connectivity index (χ3n) is 4.34. The number of aliphatic hydroxyl groups is 1. The lowest BCUT2D eigenvalue weighted by atomic mass is 10.2. The minimum Gasteiger partial charge on any atom is -0.390 e. The number of para-hydroxylation sites is 1. The number of rotatable bonds is 7. The summed E-state index contributed by atoms with van der Waals surface area (Å²) in [7, 11) is -2.32. The molecule has 1 aromatic heterocycles. The van der Waals surface area contributed by atoms with Crippen LogP contribution in [0, 0.1) is 0 Å². The number of likely N-dealkylation sites (N-methyl/N-ethyl adjacent to an activating group) is 1. The standard InChI is InChI=1S/C19H19ClN2O4S/c1-21(27(25,26)17-8-6-15(20)7-9-17)11-16(24)12-22-10-14(13-23)18-4-2-3-5-19(18)22/h2-10,13,16,24H,11-12H2,1H3/t16-/m0/s1. The topological polar surface area (TPSA) is 79.6 Å². The predicted molar refractivity (Wildman–Crippen MR) is 105 cm³/mol. The quantitative estimate of drug-likeness (QED) is 0.612. The van der Waals surface area contributed by atoms with Gasteiger partial charge in [-0.25, -0.2) is 8.42 Å². The molecule has 0 unspecified atom stereocenters. The summed E-state index contributed by atoms with van der Waals surface area (Å²) in [6.07, 6.45) is 1.48. The summed E-state index contributed by atoms with van der Waals surface area (Å²) in [6, 6.07) is 13.2. The van der Waals surface area contributed by atoms with Crippen LogP contribution in [0.5, 0.6) is 0 Å².